The second-order valence-electron chi connectivity index (χ2n) is 3.55. The molecule has 98 valence electrons. The van der Waals surface area contributed by atoms with Gasteiger partial charge in [0.1, 0.15) is 22.3 Å². The molecule has 0 heterocycles. The van der Waals surface area contributed by atoms with Crippen LogP contribution < -0.4 is 4.72 Å². The third-order valence-electron chi connectivity index (χ3n) is 2.25. The molecular formula is C11H13FN2O3S. The van der Waals surface area contributed by atoms with E-state index in [4.69, 9.17) is 10.4 Å². The van der Waals surface area contributed by atoms with Crippen LogP contribution in [0.5, 0.6) is 0 Å². The Hall–Kier alpha value is -1.49. The summed E-state index contributed by atoms with van der Waals surface area (Å²) in [7, 11) is -3.90. The van der Waals surface area contributed by atoms with Crippen LogP contribution in [0.3, 0.4) is 0 Å². The second kappa shape index (κ2) is 6.44. The van der Waals surface area contributed by atoms with E-state index in [1.165, 1.54) is 18.2 Å². The molecule has 0 spiro atoms. The first-order valence-corrected chi connectivity index (χ1v) is 6.80. The Kier molecular flexibility index (Phi) is 5.22. The van der Waals surface area contributed by atoms with Gasteiger partial charge in [0, 0.05) is 13.2 Å². The number of benzene rings is 1. The fourth-order valence-corrected chi connectivity index (χ4v) is 2.60. The molecule has 0 bridgehead atoms. The predicted molar refractivity (Wildman–Crippen MR) is 62.6 cm³/mol. The Morgan fingerprint density at radius 3 is 2.72 bits per heavy atom. The minimum absolute atomic E-state index is 0.0227. The topological polar surface area (TPSA) is 90.2 Å². The largest absolute Gasteiger partial charge is 0.396 e. The van der Waals surface area contributed by atoms with E-state index in [9.17, 15) is 12.8 Å². The van der Waals surface area contributed by atoms with Gasteiger partial charge in [0.05, 0.1) is 0 Å². The molecule has 0 aliphatic heterocycles. The maximum absolute atomic E-state index is 13.3. The molecule has 18 heavy (non-hydrogen) atoms. The summed E-state index contributed by atoms with van der Waals surface area (Å²) in [6.07, 6.45) is 0.934. The van der Waals surface area contributed by atoms with Gasteiger partial charge in [-0.2, -0.15) is 5.26 Å². The normalized spacial score (nSPS) is 11.2. The van der Waals surface area contributed by atoms with Crippen LogP contribution in [0.1, 0.15) is 18.4 Å². The number of nitriles is 1. The van der Waals surface area contributed by atoms with Crippen molar-refractivity contribution < 1.29 is 17.9 Å². The quantitative estimate of drug-likeness (QED) is 0.748. The maximum Gasteiger partial charge on any atom is 0.241 e. The number of rotatable bonds is 6. The first-order chi connectivity index (χ1) is 8.53. The number of hydrogen-bond donors (Lipinski definition) is 2. The Morgan fingerprint density at radius 1 is 1.39 bits per heavy atom. The Balaban J connectivity index is 2.93. The predicted octanol–water partition coefficient (Wildman–Crippen LogP) is 0.748. The zero-order valence-electron chi connectivity index (χ0n) is 9.56. The first-order valence-electron chi connectivity index (χ1n) is 5.32. The van der Waals surface area contributed by atoms with Crippen molar-refractivity contribution in [3.63, 3.8) is 0 Å². The van der Waals surface area contributed by atoms with Crippen LogP contribution in [-0.4, -0.2) is 26.7 Å². The molecule has 0 aliphatic carbocycles. The molecular weight excluding hydrogens is 259 g/mol. The van der Waals surface area contributed by atoms with Crippen molar-refractivity contribution in [2.75, 3.05) is 13.2 Å². The van der Waals surface area contributed by atoms with Crippen molar-refractivity contribution in [1.29, 1.82) is 5.26 Å². The lowest BCUT2D eigenvalue weighted by atomic mass is 10.2. The zero-order chi connectivity index (χ0) is 13.6. The fraction of sp³-hybridized carbons (Fsp3) is 0.364. The van der Waals surface area contributed by atoms with Crippen molar-refractivity contribution in [3.05, 3.63) is 29.6 Å². The van der Waals surface area contributed by atoms with Gasteiger partial charge in [0.15, 0.2) is 0 Å². The number of nitrogens with one attached hydrogen (secondary N) is 1. The average Bonchev–Trinajstić information content (AvgIpc) is 2.34. The molecule has 2 N–H and O–H groups in total. The third kappa shape index (κ3) is 3.50. The minimum atomic E-state index is -3.90. The van der Waals surface area contributed by atoms with Crippen LogP contribution in [-0.2, 0) is 10.0 Å². The van der Waals surface area contributed by atoms with Gasteiger partial charge in [-0.15, -0.1) is 0 Å². The van der Waals surface area contributed by atoms with E-state index in [2.05, 4.69) is 4.72 Å². The number of aliphatic hydroxyl groups excluding tert-OH is 1. The van der Waals surface area contributed by atoms with Crippen molar-refractivity contribution in [2.24, 2.45) is 0 Å². The van der Waals surface area contributed by atoms with Gasteiger partial charge in [-0.25, -0.2) is 17.5 Å². The molecule has 0 aromatic heterocycles. The highest BCUT2D eigenvalue weighted by molar-refractivity contribution is 7.89. The molecule has 0 saturated heterocycles. The standard InChI is InChI=1S/C11H13FN2O3S/c12-10-4-3-5-11(9(10)8-13)18(16,17)14-6-1-2-7-15/h3-5,14-15H,1-2,6-7H2. The average molecular weight is 272 g/mol. The lowest BCUT2D eigenvalue weighted by Gasteiger charge is -2.08. The van der Waals surface area contributed by atoms with Gasteiger partial charge in [-0.1, -0.05) is 6.07 Å². The molecule has 1 aromatic rings. The molecule has 0 aliphatic rings. The molecule has 0 fully saturated rings. The summed E-state index contributed by atoms with van der Waals surface area (Å²) in [5.41, 5.74) is -0.493. The molecule has 0 radical (unpaired) electrons. The smallest absolute Gasteiger partial charge is 0.241 e. The van der Waals surface area contributed by atoms with Gasteiger partial charge >= 0.3 is 0 Å². The maximum atomic E-state index is 13.3. The summed E-state index contributed by atoms with van der Waals surface area (Å²) in [6, 6.07) is 4.98. The number of unbranched alkanes of at least 4 members (excludes halogenated alkanes) is 1. The van der Waals surface area contributed by atoms with Crippen molar-refractivity contribution in [1.82, 2.24) is 4.72 Å². The van der Waals surface area contributed by atoms with Gasteiger partial charge in [-0.05, 0) is 25.0 Å². The van der Waals surface area contributed by atoms with E-state index >= 15 is 0 Å². The van der Waals surface area contributed by atoms with Gasteiger partial charge in [0.2, 0.25) is 10.0 Å². The van der Waals surface area contributed by atoms with Crippen LogP contribution >= 0.6 is 0 Å². The van der Waals surface area contributed by atoms with Gasteiger partial charge in [-0.3, -0.25) is 0 Å². The highest BCUT2D eigenvalue weighted by Crippen LogP contribution is 2.17. The van der Waals surface area contributed by atoms with Crippen LogP contribution in [0.25, 0.3) is 0 Å². The van der Waals surface area contributed by atoms with E-state index in [1.54, 1.807) is 0 Å². The molecule has 1 aromatic carbocycles. The lowest BCUT2D eigenvalue weighted by molar-refractivity contribution is 0.285. The van der Waals surface area contributed by atoms with Crippen molar-refractivity contribution in [3.8, 4) is 6.07 Å². The van der Waals surface area contributed by atoms with Crippen molar-refractivity contribution in [2.45, 2.75) is 17.7 Å². The Labute approximate surface area is 105 Å². The zero-order valence-corrected chi connectivity index (χ0v) is 10.4. The Morgan fingerprint density at radius 2 is 2.11 bits per heavy atom. The fourth-order valence-electron chi connectivity index (χ4n) is 1.36. The van der Waals surface area contributed by atoms with Crippen molar-refractivity contribution >= 4 is 10.0 Å². The van der Waals surface area contributed by atoms with E-state index in [1.807, 2.05) is 0 Å². The number of nitrogens with zero attached hydrogens (tertiary/aromatic N) is 1. The number of aliphatic hydroxyl groups is 1. The van der Waals surface area contributed by atoms with Crippen LogP contribution in [0.15, 0.2) is 23.1 Å². The van der Waals surface area contributed by atoms with E-state index < -0.39 is 21.4 Å². The third-order valence-corrected chi connectivity index (χ3v) is 3.76. The summed E-state index contributed by atoms with van der Waals surface area (Å²) < 4.78 is 39.2. The van der Waals surface area contributed by atoms with E-state index in [0.717, 1.165) is 6.07 Å². The second-order valence-corrected chi connectivity index (χ2v) is 5.29. The molecule has 5 nitrogen and oxygen atoms in total. The lowest BCUT2D eigenvalue weighted by Crippen LogP contribution is -2.26. The van der Waals surface area contributed by atoms with Gasteiger partial charge < -0.3 is 5.11 Å². The molecule has 0 unspecified atom stereocenters. The highest BCUT2D eigenvalue weighted by Gasteiger charge is 2.20. The summed E-state index contributed by atoms with van der Waals surface area (Å²) in [5.74, 6) is -0.865. The molecule has 0 amide bonds. The molecule has 1 rings (SSSR count). The summed E-state index contributed by atoms with van der Waals surface area (Å²) in [5, 5.41) is 17.3. The van der Waals surface area contributed by atoms with Gasteiger partial charge in [0.25, 0.3) is 0 Å². The number of hydrogen-bond acceptors (Lipinski definition) is 4. The van der Waals surface area contributed by atoms with Crippen LogP contribution in [0.2, 0.25) is 0 Å². The number of sulfonamides is 1. The summed E-state index contributed by atoms with van der Waals surface area (Å²) in [6.45, 7) is 0.107. The monoisotopic (exact) mass is 272 g/mol. The molecule has 0 saturated carbocycles. The highest BCUT2D eigenvalue weighted by atomic mass is 32.2. The summed E-state index contributed by atoms with van der Waals surface area (Å²) in [4.78, 5) is -0.367. The first kappa shape index (κ1) is 14.6. The van der Waals surface area contributed by atoms with E-state index in [-0.39, 0.29) is 18.0 Å². The summed E-state index contributed by atoms with van der Waals surface area (Å²) >= 11 is 0. The Bertz CT molecular complexity index is 552. The van der Waals surface area contributed by atoms with Crippen LogP contribution in [0, 0.1) is 17.1 Å². The molecule has 0 atom stereocenters. The van der Waals surface area contributed by atoms with Crippen LogP contribution in [0.4, 0.5) is 4.39 Å². The number of halogens is 1. The SMILES string of the molecule is N#Cc1c(F)cccc1S(=O)(=O)NCCCCO. The molecule has 7 heteroatoms. The van der Waals surface area contributed by atoms with E-state index in [0.29, 0.717) is 12.8 Å². The minimum Gasteiger partial charge on any atom is -0.396 e.